The summed E-state index contributed by atoms with van der Waals surface area (Å²) in [5, 5.41) is 13.6. The van der Waals surface area contributed by atoms with Gasteiger partial charge in [0.05, 0.1) is 16.9 Å². The average molecular weight is 344 g/mol. The molecule has 4 nitrogen and oxygen atoms in total. The number of hydrogen-bond acceptors (Lipinski definition) is 4. The molecule has 3 aromatic rings. The van der Waals surface area contributed by atoms with E-state index >= 15 is 0 Å². The molecule has 0 aromatic heterocycles. The first kappa shape index (κ1) is 17.3. The van der Waals surface area contributed by atoms with Crippen molar-refractivity contribution in [1.82, 2.24) is 0 Å². The zero-order chi connectivity index (χ0) is 18.5. The van der Waals surface area contributed by atoms with Crippen LogP contribution in [0, 0.1) is 0 Å². The minimum atomic E-state index is -0.223. The summed E-state index contributed by atoms with van der Waals surface area (Å²) < 4.78 is 0. The molecule has 4 N–H and O–H groups in total. The second-order valence-electron chi connectivity index (χ2n) is 5.92. The lowest BCUT2D eigenvalue weighted by molar-refractivity contribution is 0.103. The number of nitrogens with one attached hydrogen (secondary N) is 1. The zero-order valence-electron chi connectivity index (χ0n) is 14.3. The zero-order valence-corrected chi connectivity index (χ0v) is 14.3. The summed E-state index contributed by atoms with van der Waals surface area (Å²) in [6, 6.07) is 19.7. The molecule has 0 unspecified atom stereocenters. The third-order valence-corrected chi connectivity index (χ3v) is 4.12. The molecule has 3 rings (SSSR count). The predicted octanol–water partition coefficient (Wildman–Crippen LogP) is 4.68. The van der Waals surface area contributed by atoms with Gasteiger partial charge < -0.3 is 16.2 Å². The molecule has 0 saturated carbocycles. The first-order chi connectivity index (χ1) is 12.6. The van der Waals surface area contributed by atoms with E-state index in [4.69, 9.17) is 5.73 Å². The number of nitrogen functional groups attached to an aromatic ring is 1. The van der Waals surface area contributed by atoms with Gasteiger partial charge in [0, 0.05) is 11.3 Å². The van der Waals surface area contributed by atoms with E-state index in [1.807, 2.05) is 36.4 Å². The van der Waals surface area contributed by atoms with E-state index in [1.54, 1.807) is 36.4 Å². The fraction of sp³-hybridized carbons (Fsp3) is 0.0455. The van der Waals surface area contributed by atoms with Crippen molar-refractivity contribution in [3.63, 3.8) is 0 Å². The fourth-order valence-electron chi connectivity index (χ4n) is 2.72. The molecule has 0 amide bonds. The van der Waals surface area contributed by atoms with E-state index in [-0.39, 0.29) is 17.1 Å². The van der Waals surface area contributed by atoms with Crippen LogP contribution in [0.3, 0.4) is 0 Å². The lowest BCUT2D eigenvalue weighted by atomic mass is 9.98. The highest BCUT2D eigenvalue weighted by Crippen LogP contribution is 2.27. The van der Waals surface area contributed by atoms with E-state index in [0.29, 0.717) is 23.2 Å². The molecule has 0 spiro atoms. The van der Waals surface area contributed by atoms with Crippen LogP contribution in [0.2, 0.25) is 0 Å². The molecule has 0 radical (unpaired) electrons. The van der Waals surface area contributed by atoms with Crippen LogP contribution in [-0.4, -0.2) is 10.9 Å². The topological polar surface area (TPSA) is 75.4 Å². The van der Waals surface area contributed by atoms with E-state index in [0.717, 1.165) is 11.4 Å². The Morgan fingerprint density at radius 1 is 1.04 bits per heavy atom. The Bertz CT molecular complexity index is 947. The maximum absolute atomic E-state index is 12.7. The Morgan fingerprint density at radius 2 is 1.77 bits per heavy atom. The standard InChI is InChI=1S/C22H20N2O2/c1-2-6-15-7-5-8-18(21(15)25)22(26)16-11-13-17(14-12-16)24-20-10-4-3-9-19(20)23/h2-5,7-14,24-25H,1,6,23H2. The number of carbonyl (C=O) groups excluding carboxylic acids is 1. The van der Waals surface area contributed by atoms with E-state index in [9.17, 15) is 9.90 Å². The van der Waals surface area contributed by atoms with Crippen LogP contribution in [-0.2, 0) is 6.42 Å². The molecule has 4 heteroatoms. The van der Waals surface area contributed by atoms with Crippen LogP contribution < -0.4 is 11.1 Å². The van der Waals surface area contributed by atoms with Gasteiger partial charge in [-0.2, -0.15) is 0 Å². The number of benzene rings is 3. The molecule has 0 saturated heterocycles. The number of phenols is 1. The summed E-state index contributed by atoms with van der Waals surface area (Å²) in [7, 11) is 0. The summed E-state index contributed by atoms with van der Waals surface area (Å²) >= 11 is 0. The number of phenolic OH excluding ortho intramolecular Hbond substituents is 1. The molecule has 0 aliphatic heterocycles. The lowest BCUT2D eigenvalue weighted by Gasteiger charge is -2.11. The molecule has 26 heavy (non-hydrogen) atoms. The Hall–Kier alpha value is -3.53. The maximum atomic E-state index is 12.7. The van der Waals surface area contributed by atoms with Crippen molar-refractivity contribution in [2.24, 2.45) is 0 Å². The maximum Gasteiger partial charge on any atom is 0.196 e. The van der Waals surface area contributed by atoms with E-state index < -0.39 is 0 Å². The molecular formula is C22H20N2O2. The van der Waals surface area contributed by atoms with Gasteiger partial charge in [0.15, 0.2) is 5.78 Å². The molecule has 0 atom stereocenters. The van der Waals surface area contributed by atoms with Gasteiger partial charge in [-0.15, -0.1) is 6.58 Å². The number of hydrogen-bond donors (Lipinski definition) is 3. The summed E-state index contributed by atoms with van der Waals surface area (Å²) in [6.45, 7) is 3.67. The summed E-state index contributed by atoms with van der Waals surface area (Å²) in [6.07, 6.45) is 2.20. The van der Waals surface area contributed by atoms with Crippen molar-refractivity contribution in [3.8, 4) is 5.75 Å². The van der Waals surface area contributed by atoms with Crippen molar-refractivity contribution >= 4 is 22.8 Å². The highest BCUT2D eigenvalue weighted by Gasteiger charge is 2.15. The molecule has 0 aliphatic rings. The molecule has 0 fully saturated rings. The van der Waals surface area contributed by atoms with Crippen molar-refractivity contribution in [2.45, 2.75) is 6.42 Å². The second kappa shape index (κ2) is 7.57. The lowest BCUT2D eigenvalue weighted by Crippen LogP contribution is -2.03. The number of para-hydroxylation sites is 3. The van der Waals surface area contributed by atoms with Crippen molar-refractivity contribution in [2.75, 3.05) is 11.1 Å². The monoisotopic (exact) mass is 344 g/mol. The number of aromatic hydroxyl groups is 1. The molecule has 0 aliphatic carbocycles. The fourth-order valence-corrected chi connectivity index (χ4v) is 2.72. The van der Waals surface area contributed by atoms with Crippen LogP contribution in [0.1, 0.15) is 21.5 Å². The number of nitrogens with two attached hydrogens (primary N) is 1. The highest BCUT2D eigenvalue weighted by molar-refractivity contribution is 6.11. The smallest absolute Gasteiger partial charge is 0.196 e. The van der Waals surface area contributed by atoms with Crippen LogP contribution in [0.5, 0.6) is 5.75 Å². The number of allylic oxidation sites excluding steroid dienone is 1. The largest absolute Gasteiger partial charge is 0.507 e. The summed E-state index contributed by atoms with van der Waals surface area (Å²) in [4.78, 5) is 12.7. The Labute approximate surface area is 152 Å². The Balaban J connectivity index is 1.83. The normalized spacial score (nSPS) is 10.3. The minimum Gasteiger partial charge on any atom is -0.507 e. The van der Waals surface area contributed by atoms with Crippen LogP contribution in [0.25, 0.3) is 0 Å². The Morgan fingerprint density at radius 3 is 2.46 bits per heavy atom. The number of ketones is 1. The number of anilines is 3. The Kier molecular flexibility index (Phi) is 5.04. The molecular weight excluding hydrogens is 324 g/mol. The van der Waals surface area contributed by atoms with Crippen LogP contribution in [0.4, 0.5) is 17.1 Å². The average Bonchev–Trinajstić information content (AvgIpc) is 2.66. The first-order valence-electron chi connectivity index (χ1n) is 8.28. The molecule has 130 valence electrons. The van der Waals surface area contributed by atoms with Gasteiger partial charge in [-0.25, -0.2) is 0 Å². The third-order valence-electron chi connectivity index (χ3n) is 4.12. The molecule has 0 bridgehead atoms. The molecule has 3 aromatic carbocycles. The summed E-state index contributed by atoms with van der Waals surface area (Å²) in [5.74, 6) is -0.212. The third kappa shape index (κ3) is 3.59. The molecule has 0 heterocycles. The quantitative estimate of drug-likeness (QED) is 0.345. The van der Waals surface area contributed by atoms with Gasteiger partial charge in [0.1, 0.15) is 5.75 Å². The van der Waals surface area contributed by atoms with Crippen molar-refractivity contribution in [3.05, 3.63) is 96.1 Å². The van der Waals surface area contributed by atoms with Crippen molar-refractivity contribution < 1.29 is 9.90 Å². The van der Waals surface area contributed by atoms with E-state index in [2.05, 4.69) is 11.9 Å². The van der Waals surface area contributed by atoms with E-state index in [1.165, 1.54) is 0 Å². The van der Waals surface area contributed by atoms with Crippen molar-refractivity contribution in [1.29, 1.82) is 0 Å². The number of carbonyl (C=O) groups is 1. The van der Waals surface area contributed by atoms with Gasteiger partial charge in [0.2, 0.25) is 0 Å². The van der Waals surface area contributed by atoms with Gasteiger partial charge in [0.25, 0.3) is 0 Å². The van der Waals surface area contributed by atoms with Crippen LogP contribution >= 0.6 is 0 Å². The van der Waals surface area contributed by atoms with Gasteiger partial charge in [-0.1, -0.05) is 30.3 Å². The SMILES string of the molecule is C=CCc1cccc(C(=O)c2ccc(Nc3ccccc3N)cc2)c1O. The highest BCUT2D eigenvalue weighted by atomic mass is 16.3. The summed E-state index contributed by atoms with van der Waals surface area (Å²) in [5.41, 5.74) is 9.68. The van der Waals surface area contributed by atoms with Gasteiger partial charge in [-0.3, -0.25) is 4.79 Å². The first-order valence-corrected chi connectivity index (χ1v) is 8.28. The number of rotatable bonds is 6. The van der Waals surface area contributed by atoms with Crippen LogP contribution in [0.15, 0.2) is 79.4 Å². The predicted molar refractivity (Wildman–Crippen MR) is 106 cm³/mol. The second-order valence-corrected chi connectivity index (χ2v) is 5.92. The van der Waals surface area contributed by atoms with Gasteiger partial charge in [-0.05, 0) is 54.4 Å². The minimum absolute atomic E-state index is 0.0108. The van der Waals surface area contributed by atoms with Gasteiger partial charge >= 0.3 is 0 Å².